The van der Waals surface area contributed by atoms with Crippen molar-refractivity contribution < 1.29 is 0 Å². The number of thioether (sulfide) groups is 1. The SMILES string of the molecule is CSCC(C)Cn1ccnc1NC1CCCC1. The number of imidazole rings is 1. The van der Waals surface area contributed by atoms with Gasteiger partial charge in [-0.05, 0) is 30.8 Å². The minimum atomic E-state index is 0.645. The summed E-state index contributed by atoms with van der Waals surface area (Å²) in [5.41, 5.74) is 0. The Bertz CT molecular complexity index is 331. The minimum Gasteiger partial charge on any atom is -0.353 e. The molecule has 1 aliphatic carbocycles. The zero-order valence-electron chi connectivity index (χ0n) is 10.9. The lowest BCUT2D eigenvalue weighted by Crippen LogP contribution is -2.19. The summed E-state index contributed by atoms with van der Waals surface area (Å²) >= 11 is 1.92. The van der Waals surface area contributed by atoms with Crippen molar-refractivity contribution in [3.63, 3.8) is 0 Å². The van der Waals surface area contributed by atoms with Gasteiger partial charge in [-0.15, -0.1) is 0 Å². The van der Waals surface area contributed by atoms with Crippen LogP contribution in [0.4, 0.5) is 5.95 Å². The Hall–Kier alpha value is -0.640. The summed E-state index contributed by atoms with van der Waals surface area (Å²) in [7, 11) is 0. The van der Waals surface area contributed by atoms with E-state index in [1.807, 2.05) is 18.0 Å². The summed E-state index contributed by atoms with van der Waals surface area (Å²) in [6.45, 7) is 3.37. The first-order chi connectivity index (χ1) is 8.29. The molecule has 1 atom stereocenters. The minimum absolute atomic E-state index is 0.645. The fraction of sp³-hybridized carbons (Fsp3) is 0.769. The van der Waals surface area contributed by atoms with Gasteiger partial charge in [-0.25, -0.2) is 4.98 Å². The van der Waals surface area contributed by atoms with Crippen molar-refractivity contribution in [2.24, 2.45) is 5.92 Å². The van der Waals surface area contributed by atoms with E-state index >= 15 is 0 Å². The Balaban J connectivity index is 1.91. The van der Waals surface area contributed by atoms with Crippen LogP contribution in [0.3, 0.4) is 0 Å². The number of anilines is 1. The van der Waals surface area contributed by atoms with Crippen molar-refractivity contribution in [1.29, 1.82) is 0 Å². The molecule has 96 valence electrons. The van der Waals surface area contributed by atoms with Crippen molar-refractivity contribution in [3.8, 4) is 0 Å². The molecule has 0 saturated heterocycles. The van der Waals surface area contributed by atoms with Gasteiger partial charge >= 0.3 is 0 Å². The molecular formula is C13H23N3S. The Kier molecular flexibility index (Phi) is 4.77. The van der Waals surface area contributed by atoms with Crippen molar-refractivity contribution in [2.45, 2.75) is 45.2 Å². The van der Waals surface area contributed by atoms with Gasteiger partial charge in [-0.2, -0.15) is 11.8 Å². The molecule has 4 heteroatoms. The second-order valence-electron chi connectivity index (χ2n) is 5.09. The highest BCUT2D eigenvalue weighted by Gasteiger charge is 2.16. The fourth-order valence-corrected chi connectivity index (χ4v) is 3.20. The molecule has 0 spiro atoms. The maximum Gasteiger partial charge on any atom is 0.202 e. The summed E-state index contributed by atoms with van der Waals surface area (Å²) in [4.78, 5) is 4.44. The molecule has 1 saturated carbocycles. The van der Waals surface area contributed by atoms with E-state index in [1.165, 1.54) is 31.4 Å². The Morgan fingerprint density at radius 1 is 1.53 bits per heavy atom. The smallest absolute Gasteiger partial charge is 0.202 e. The molecular weight excluding hydrogens is 230 g/mol. The molecule has 1 aromatic heterocycles. The molecule has 0 bridgehead atoms. The third-order valence-corrected chi connectivity index (χ3v) is 4.27. The monoisotopic (exact) mass is 253 g/mol. The lowest BCUT2D eigenvalue weighted by atomic mass is 10.2. The highest BCUT2D eigenvalue weighted by atomic mass is 32.2. The normalized spacial score (nSPS) is 18.5. The number of hydrogen-bond acceptors (Lipinski definition) is 3. The maximum absolute atomic E-state index is 4.44. The average Bonchev–Trinajstić information content (AvgIpc) is 2.92. The van der Waals surface area contributed by atoms with Gasteiger partial charge in [0, 0.05) is 25.0 Å². The molecule has 1 fully saturated rings. The van der Waals surface area contributed by atoms with Crippen LogP contribution in [0.15, 0.2) is 12.4 Å². The quantitative estimate of drug-likeness (QED) is 0.844. The van der Waals surface area contributed by atoms with Crippen molar-refractivity contribution in [2.75, 3.05) is 17.3 Å². The Morgan fingerprint density at radius 3 is 3.00 bits per heavy atom. The largest absolute Gasteiger partial charge is 0.353 e. The summed E-state index contributed by atoms with van der Waals surface area (Å²) in [6.07, 6.45) is 11.5. The van der Waals surface area contributed by atoms with Gasteiger partial charge < -0.3 is 9.88 Å². The predicted molar refractivity (Wildman–Crippen MR) is 75.7 cm³/mol. The molecule has 0 aliphatic heterocycles. The van der Waals surface area contributed by atoms with Crippen LogP contribution < -0.4 is 5.32 Å². The second-order valence-corrected chi connectivity index (χ2v) is 6.00. The summed E-state index contributed by atoms with van der Waals surface area (Å²) in [5, 5.41) is 3.58. The molecule has 1 aromatic rings. The summed E-state index contributed by atoms with van der Waals surface area (Å²) in [6, 6.07) is 0.645. The molecule has 1 N–H and O–H groups in total. The average molecular weight is 253 g/mol. The number of nitrogens with zero attached hydrogens (tertiary/aromatic N) is 2. The molecule has 0 radical (unpaired) electrons. The first kappa shape index (κ1) is 12.8. The van der Waals surface area contributed by atoms with Crippen LogP contribution >= 0.6 is 11.8 Å². The van der Waals surface area contributed by atoms with Gasteiger partial charge in [0.2, 0.25) is 5.95 Å². The molecule has 1 heterocycles. The Morgan fingerprint density at radius 2 is 2.29 bits per heavy atom. The van der Waals surface area contributed by atoms with Gasteiger partial charge in [-0.1, -0.05) is 19.8 Å². The van der Waals surface area contributed by atoms with E-state index in [-0.39, 0.29) is 0 Å². The maximum atomic E-state index is 4.44. The number of aromatic nitrogens is 2. The molecule has 2 rings (SSSR count). The van der Waals surface area contributed by atoms with Crippen LogP contribution in [-0.2, 0) is 6.54 Å². The zero-order valence-corrected chi connectivity index (χ0v) is 11.7. The van der Waals surface area contributed by atoms with E-state index in [1.54, 1.807) is 0 Å². The zero-order chi connectivity index (χ0) is 12.1. The first-order valence-corrected chi connectivity index (χ1v) is 7.95. The fourth-order valence-electron chi connectivity index (χ4n) is 2.52. The van der Waals surface area contributed by atoms with E-state index in [0.717, 1.165) is 12.5 Å². The predicted octanol–water partition coefficient (Wildman–Crippen LogP) is 3.24. The molecule has 17 heavy (non-hydrogen) atoms. The third kappa shape index (κ3) is 3.66. The van der Waals surface area contributed by atoms with Crippen LogP contribution in [0, 0.1) is 5.92 Å². The van der Waals surface area contributed by atoms with Gasteiger partial charge in [0.15, 0.2) is 0 Å². The van der Waals surface area contributed by atoms with Crippen molar-refractivity contribution >= 4 is 17.7 Å². The number of rotatable bonds is 6. The molecule has 1 aliphatic rings. The molecule has 0 amide bonds. The highest BCUT2D eigenvalue weighted by molar-refractivity contribution is 7.98. The Labute approximate surface area is 108 Å². The van der Waals surface area contributed by atoms with E-state index in [0.29, 0.717) is 12.0 Å². The molecule has 3 nitrogen and oxygen atoms in total. The van der Waals surface area contributed by atoms with Crippen LogP contribution in [0.1, 0.15) is 32.6 Å². The van der Waals surface area contributed by atoms with E-state index in [4.69, 9.17) is 0 Å². The van der Waals surface area contributed by atoms with Crippen molar-refractivity contribution in [3.05, 3.63) is 12.4 Å². The lowest BCUT2D eigenvalue weighted by molar-refractivity contribution is 0.531. The van der Waals surface area contributed by atoms with E-state index in [9.17, 15) is 0 Å². The molecule has 1 unspecified atom stereocenters. The van der Waals surface area contributed by atoms with Crippen LogP contribution in [0.25, 0.3) is 0 Å². The van der Waals surface area contributed by atoms with Crippen LogP contribution in [0.5, 0.6) is 0 Å². The van der Waals surface area contributed by atoms with Crippen molar-refractivity contribution in [1.82, 2.24) is 9.55 Å². The highest BCUT2D eigenvalue weighted by Crippen LogP contribution is 2.22. The van der Waals surface area contributed by atoms with Crippen LogP contribution in [0.2, 0.25) is 0 Å². The first-order valence-electron chi connectivity index (χ1n) is 6.56. The van der Waals surface area contributed by atoms with Gasteiger partial charge in [-0.3, -0.25) is 0 Å². The molecule has 0 aromatic carbocycles. The number of nitrogens with one attached hydrogen (secondary N) is 1. The van der Waals surface area contributed by atoms with Crippen LogP contribution in [-0.4, -0.2) is 27.6 Å². The lowest BCUT2D eigenvalue weighted by Gasteiger charge is -2.17. The van der Waals surface area contributed by atoms with Gasteiger partial charge in [0.1, 0.15) is 0 Å². The van der Waals surface area contributed by atoms with Gasteiger partial charge in [0.25, 0.3) is 0 Å². The summed E-state index contributed by atoms with van der Waals surface area (Å²) < 4.78 is 2.26. The van der Waals surface area contributed by atoms with Gasteiger partial charge in [0.05, 0.1) is 0 Å². The van der Waals surface area contributed by atoms with E-state index in [2.05, 4.69) is 34.2 Å². The standard InChI is InChI=1S/C13H23N3S/c1-11(10-17-2)9-16-8-7-14-13(16)15-12-5-3-4-6-12/h7-8,11-12H,3-6,9-10H2,1-2H3,(H,14,15). The topological polar surface area (TPSA) is 29.9 Å². The summed E-state index contributed by atoms with van der Waals surface area (Å²) in [5.74, 6) is 2.97. The third-order valence-electron chi connectivity index (χ3n) is 3.36. The second kappa shape index (κ2) is 6.34. The van der Waals surface area contributed by atoms with E-state index < -0.39 is 0 Å². The number of hydrogen-bond donors (Lipinski definition) is 1.